The van der Waals surface area contributed by atoms with Gasteiger partial charge in [0.1, 0.15) is 0 Å². The SMILES string of the molecule is C=C1CCc2ccc(/C=C/CCc3ccc(CC)cn3)cc21. The fourth-order valence-electron chi connectivity index (χ4n) is 2.93. The second kappa shape index (κ2) is 6.74. The summed E-state index contributed by atoms with van der Waals surface area (Å²) in [7, 11) is 0. The molecular weight excluding hydrogens is 266 g/mol. The molecule has 3 rings (SSSR count). The number of nitrogens with zero attached hydrogens (tertiary/aromatic N) is 1. The van der Waals surface area contributed by atoms with E-state index < -0.39 is 0 Å². The first-order valence-corrected chi connectivity index (χ1v) is 8.17. The van der Waals surface area contributed by atoms with Crippen molar-refractivity contribution < 1.29 is 0 Å². The predicted molar refractivity (Wildman–Crippen MR) is 94.8 cm³/mol. The van der Waals surface area contributed by atoms with Crippen LogP contribution < -0.4 is 0 Å². The van der Waals surface area contributed by atoms with Gasteiger partial charge < -0.3 is 0 Å². The minimum atomic E-state index is 0.998. The lowest BCUT2D eigenvalue weighted by molar-refractivity contribution is 0.935. The van der Waals surface area contributed by atoms with E-state index >= 15 is 0 Å². The molecule has 0 unspecified atom stereocenters. The van der Waals surface area contributed by atoms with Crippen LogP contribution in [0.3, 0.4) is 0 Å². The molecule has 0 saturated carbocycles. The first-order chi connectivity index (χ1) is 10.8. The maximum Gasteiger partial charge on any atom is 0.0406 e. The van der Waals surface area contributed by atoms with Gasteiger partial charge in [0.15, 0.2) is 0 Å². The highest BCUT2D eigenvalue weighted by Gasteiger charge is 2.13. The maximum absolute atomic E-state index is 4.51. The van der Waals surface area contributed by atoms with Gasteiger partial charge in [0.25, 0.3) is 0 Å². The molecule has 1 aromatic heterocycles. The van der Waals surface area contributed by atoms with Crippen molar-refractivity contribution >= 4 is 11.6 Å². The van der Waals surface area contributed by atoms with Crippen molar-refractivity contribution in [2.24, 2.45) is 0 Å². The Bertz CT molecular complexity index is 692. The van der Waals surface area contributed by atoms with Crippen LogP contribution in [0.4, 0.5) is 0 Å². The van der Waals surface area contributed by atoms with Gasteiger partial charge in [-0.15, -0.1) is 0 Å². The smallest absolute Gasteiger partial charge is 0.0406 e. The summed E-state index contributed by atoms with van der Waals surface area (Å²) in [5.41, 5.74) is 7.84. The lowest BCUT2D eigenvalue weighted by atomic mass is 10.0. The summed E-state index contributed by atoms with van der Waals surface area (Å²) >= 11 is 0. The summed E-state index contributed by atoms with van der Waals surface area (Å²) in [4.78, 5) is 4.51. The number of hydrogen-bond acceptors (Lipinski definition) is 1. The van der Waals surface area contributed by atoms with Crippen molar-refractivity contribution in [2.45, 2.75) is 39.0 Å². The summed E-state index contributed by atoms with van der Waals surface area (Å²) in [5.74, 6) is 0. The van der Waals surface area contributed by atoms with Gasteiger partial charge in [-0.25, -0.2) is 0 Å². The average molecular weight is 289 g/mol. The Kier molecular flexibility index (Phi) is 4.53. The fourth-order valence-corrected chi connectivity index (χ4v) is 2.93. The molecule has 1 aliphatic carbocycles. The van der Waals surface area contributed by atoms with Gasteiger partial charge in [-0.1, -0.05) is 43.9 Å². The summed E-state index contributed by atoms with van der Waals surface area (Å²) in [6, 6.07) is 11.1. The normalized spacial score (nSPS) is 13.8. The van der Waals surface area contributed by atoms with E-state index in [1.165, 1.54) is 33.5 Å². The fraction of sp³-hybridized carbons (Fsp3) is 0.286. The average Bonchev–Trinajstić information content (AvgIpc) is 2.93. The molecule has 0 bridgehead atoms. The van der Waals surface area contributed by atoms with Gasteiger partial charge >= 0.3 is 0 Å². The summed E-state index contributed by atoms with van der Waals surface area (Å²) in [6.07, 6.45) is 11.8. The van der Waals surface area contributed by atoms with Gasteiger partial charge in [-0.3, -0.25) is 4.98 Å². The Morgan fingerprint density at radius 3 is 2.86 bits per heavy atom. The number of aryl methyl sites for hydroxylation is 3. The van der Waals surface area contributed by atoms with Crippen LogP contribution in [0.1, 0.15) is 47.7 Å². The van der Waals surface area contributed by atoms with Gasteiger partial charge in [-0.05, 0) is 72.1 Å². The molecule has 0 saturated heterocycles. The Hall–Kier alpha value is -2.15. The van der Waals surface area contributed by atoms with E-state index in [2.05, 4.69) is 61.0 Å². The van der Waals surface area contributed by atoms with Crippen molar-refractivity contribution in [3.05, 3.63) is 77.1 Å². The van der Waals surface area contributed by atoms with Gasteiger partial charge in [0.05, 0.1) is 0 Å². The molecule has 1 heterocycles. The van der Waals surface area contributed by atoms with Gasteiger partial charge in [0.2, 0.25) is 0 Å². The maximum atomic E-state index is 4.51. The summed E-state index contributed by atoms with van der Waals surface area (Å²) in [5, 5.41) is 0. The molecule has 1 heteroatoms. The summed E-state index contributed by atoms with van der Waals surface area (Å²) < 4.78 is 0. The number of pyridine rings is 1. The molecule has 0 amide bonds. The third kappa shape index (κ3) is 3.36. The minimum absolute atomic E-state index is 0.998. The monoisotopic (exact) mass is 289 g/mol. The molecule has 2 aromatic rings. The Balaban J connectivity index is 1.58. The van der Waals surface area contributed by atoms with E-state index in [1.54, 1.807) is 0 Å². The van der Waals surface area contributed by atoms with Crippen molar-refractivity contribution in [2.75, 3.05) is 0 Å². The number of hydrogen-bond donors (Lipinski definition) is 0. The first-order valence-electron chi connectivity index (χ1n) is 8.17. The zero-order valence-corrected chi connectivity index (χ0v) is 13.3. The number of benzene rings is 1. The van der Waals surface area contributed by atoms with Crippen LogP contribution in [0, 0.1) is 0 Å². The number of allylic oxidation sites excluding steroid dienone is 2. The second-order valence-electron chi connectivity index (χ2n) is 5.97. The van der Waals surface area contributed by atoms with E-state index in [1.807, 2.05) is 6.20 Å². The lowest BCUT2D eigenvalue weighted by Crippen LogP contribution is -1.90. The molecule has 112 valence electrons. The van der Waals surface area contributed by atoms with Gasteiger partial charge in [-0.2, -0.15) is 0 Å². The van der Waals surface area contributed by atoms with Crippen molar-refractivity contribution in [3.63, 3.8) is 0 Å². The van der Waals surface area contributed by atoms with E-state index in [0.717, 1.165) is 32.1 Å². The quantitative estimate of drug-likeness (QED) is 0.732. The molecular formula is C21H23N. The van der Waals surface area contributed by atoms with Crippen LogP contribution in [0.25, 0.3) is 11.6 Å². The number of fused-ring (bicyclic) bond motifs is 1. The third-order valence-electron chi connectivity index (χ3n) is 4.38. The van der Waals surface area contributed by atoms with Gasteiger partial charge in [0, 0.05) is 11.9 Å². The minimum Gasteiger partial charge on any atom is -0.261 e. The number of aromatic nitrogens is 1. The van der Waals surface area contributed by atoms with Crippen LogP contribution in [0.5, 0.6) is 0 Å². The molecule has 1 nitrogen and oxygen atoms in total. The molecule has 0 atom stereocenters. The highest BCUT2D eigenvalue weighted by molar-refractivity contribution is 5.73. The standard InChI is InChI=1S/C21H23N/c1-3-17-10-13-20(22-15-17)7-5-4-6-18-9-12-19-11-8-16(2)21(19)14-18/h4,6,9-10,12-15H,2-3,5,7-8,11H2,1H3/b6-4+. The van der Waals surface area contributed by atoms with E-state index in [9.17, 15) is 0 Å². The Labute approximate surface area is 133 Å². The van der Waals surface area contributed by atoms with Crippen molar-refractivity contribution in [1.82, 2.24) is 4.98 Å². The molecule has 1 aliphatic rings. The largest absolute Gasteiger partial charge is 0.261 e. The predicted octanol–water partition coefficient (Wildman–Crippen LogP) is 5.25. The van der Waals surface area contributed by atoms with E-state index in [-0.39, 0.29) is 0 Å². The van der Waals surface area contributed by atoms with Crippen LogP contribution in [-0.2, 0) is 19.3 Å². The molecule has 0 spiro atoms. The van der Waals surface area contributed by atoms with E-state index in [4.69, 9.17) is 0 Å². The second-order valence-corrected chi connectivity index (χ2v) is 5.97. The zero-order chi connectivity index (χ0) is 15.4. The van der Waals surface area contributed by atoms with Crippen LogP contribution >= 0.6 is 0 Å². The van der Waals surface area contributed by atoms with Crippen LogP contribution in [-0.4, -0.2) is 4.98 Å². The highest BCUT2D eigenvalue weighted by atomic mass is 14.7. The lowest BCUT2D eigenvalue weighted by Gasteiger charge is -2.02. The van der Waals surface area contributed by atoms with Crippen molar-refractivity contribution in [3.8, 4) is 0 Å². The van der Waals surface area contributed by atoms with E-state index in [0.29, 0.717) is 0 Å². The Morgan fingerprint density at radius 1 is 1.18 bits per heavy atom. The van der Waals surface area contributed by atoms with Crippen molar-refractivity contribution in [1.29, 1.82) is 0 Å². The Morgan fingerprint density at radius 2 is 2.09 bits per heavy atom. The molecule has 1 aromatic carbocycles. The highest BCUT2D eigenvalue weighted by Crippen LogP contribution is 2.31. The molecule has 0 aliphatic heterocycles. The first kappa shape index (κ1) is 14.8. The topological polar surface area (TPSA) is 12.9 Å². The molecule has 0 N–H and O–H groups in total. The van der Waals surface area contributed by atoms with Crippen LogP contribution in [0.2, 0.25) is 0 Å². The third-order valence-corrected chi connectivity index (χ3v) is 4.38. The van der Waals surface area contributed by atoms with Crippen LogP contribution in [0.15, 0.2) is 49.2 Å². The molecule has 0 radical (unpaired) electrons. The summed E-state index contributed by atoms with van der Waals surface area (Å²) in [6.45, 7) is 6.31. The molecule has 22 heavy (non-hydrogen) atoms. The molecule has 0 fully saturated rings. The number of rotatable bonds is 5. The zero-order valence-electron chi connectivity index (χ0n) is 13.3.